The summed E-state index contributed by atoms with van der Waals surface area (Å²) in [5.41, 5.74) is 0. The average molecular weight is 301 g/mol. The van der Waals surface area contributed by atoms with Crippen LogP contribution < -0.4 is 0 Å². The molecule has 1 N–H and O–H groups in total. The van der Waals surface area contributed by atoms with Crippen molar-refractivity contribution in [2.75, 3.05) is 12.3 Å². The summed E-state index contributed by atoms with van der Waals surface area (Å²) >= 11 is 3.19. The van der Waals surface area contributed by atoms with E-state index >= 15 is 0 Å². The zero-order chi connectivity index (χ0) is 14.3. The third-order valence-corrected chi connectivity index (χ3v) is 4.82. The van der Waals surface area contributed by atoms with Crippen molar-refractivity contribution in [3.8, 4) is 0 Å². The fourth-order valence-electron chi connectivity index (χ4n) is 1.57. The van der Waals surface area contributed by atoms with Gasteiger partial charge in [-0.25, -0.2) is 0 Å². The van der Waals surface area contributed by atoms with Crippen LogP contribution in [0.15, 0.2) is 17.5 Å². The first-order valence-corrected chi connectivity index (χ1v) is 8.19. The van der Waals surface area contributed by atoms with Crippen molar-refractivity contribution in [3.63, 3.8) is 0 Å². The number of carboxylic acids is 1. The first-order valence-electron chi connectivity index (χ1n) is 6.16. The van der Waals surface area contributed by atoms with Crippen LogP contribution in [-0.2, 0) is 15.3 Å². The average Bonchev–Trinajstić information content (AvgIpc) is 2.87. The van der Waals surface area contributed by atoms with Gasteiger partial charge in [0.25, 0.3) is 0 Å². The monoisotopic (exact) mass is 301 g/mol. The van der Waals surface area contributed by atoms with Gasteiger partial charge in [0.1, 0.15) is 6.54 Å². The maximum Gasteiger partial charge on any atom is 0.323 e. The van der Waals surface area contributed by atoms with E-state index < -0.39 is 5.97 Å². The highest BCUT2D eigenvalue weighted by Gasteiger charge is 2.21. The molecule has 0 aromatic carbocycles. The molecule has 106 valence electrons. The van der Waals surface area contributed by atoms with Gasteiger partial charge >= 0.3 is 5.97 Å². The predicted octanol–water partition coefficient (Wildman–Crippen LogP) is 2.69. The number of rotatable bonds is 8. The predicted molar refractivity (Wildman–Crippen MR) is 79.6 cm³/mol. The Balaban J connectivity index is 2.44. The lowest BCUT2D eigenvalue weighted by Gasteiger charge is -2.26. The van der Waals surface area contributed by atoms with Crippen LogP contribution in [0.4, 0.5) is 0 Å². The van der Waals surface area contributed by atoms with E-state index in [1.54, 1.807) is 11.3 Å². The molecule has 1 unspecified atom stereocenters. The molecule has 1 heterocycles. The van der Waals surface area contributed by atoms with Crippen LogP contribution in [0.3, 0.4) is 0 Å². The Morgan fingerprint density at radius 3 is 2.79 bits per heavy atom. The van der Waals surface area contributed by atoms with Gasteiger partial charge in [0, 0.05) is 16.7 Å². The number of thiophene rings is 1. The molecule has 1 rings (SSSR count). The third-order valence-electron chi connectivity index (χ3n) is 2.80. The Hall–Kier alpha value is -1.01. The summed E-state index contributed by atoms with van der Waals surface area (Å²) in [6.07, 6.45) is 0.759. The summed E-state index contributed by atoms with van der Waals surface area (Å²) in [6.45, 7) is 3.61. The van der Waals surface area contributed by atoms with Crippen molar-refractivity contribution in [1.82, 2.24) is 4.90 Å². The maximum absolute atomic E-state index is 12.1. The van der Waals surface area contributed by atoms with E-state index in [9.17, 15) is 9.59 Å². The molecule has 0 radical (unpaired) electrons. The highest BCUT2D eigenvalue weighted by atomic mass is 32.2. The molecular weight excluding hydrogens is 282 g/mol. The van der Waals surface area contributed by atoms with Crippen LogP contribution in [0.5, 0.6) is 0 Å². The van der Waals surface area contributed by atoms with Gasteiger partial charge in [0.15, 0.2) is 0 Å². The van der Waals surface area contributed by atoms with Crippen molar-refractivity contribution in [3.05, 3.63) is 22.4 Å². The van der Waals surface area contributed by atoms with Crippen LogP contribution in [0.25, 0.3) is 0 Å². The topological polar surface area (TPSA) is 57.6 Å². The second kappa shape index (κ2) is 8.22. The van der Waals surface area contributed by atoms with Crippen molar-refractivity contribution in [1.29, 1.82) is 0 Å². The van der Waals surface area contributed by atoms with E-state index in [1.165, 1.54) is 21.5 Å². The quantitative estimate of drug-likeness (QED) is 0.802. The Morgan fingerprint density at radius 1 is 1.53 bits per heavy atom. The fraction of sp³-hybridized carbons (Fsp3) is 0.538. The molecule has 0 saturated carbocycles. The number of aliphatic carboxylic acids is 1. The van der Waals surface area contributed by atoms with Gasteiger partial charge in [-0.15, -0.1) is 23.1 Å². The first kappa shape index (κ1) is 16.0. The van der Waals surface area contributed by atoms with E-state index in [2.05, 4.69) is 0 Å². The highest BCUT2D eigenvalue weighted by molar-refractivity contribution is 7.99. The molecule has 6 heteroatoms. The number of carboxylic acid groups (broad SMARTS) is 1. The van der Waals surface area contributed by atoms with Crippen molar-refractivity contribution >= 4 is 35.0 Å². The van der Waals surface area contributed by atoms with Crippen LogP contribution in [0.2, 0.25) is 0 Å². The number of hydrogen-bond donors (Lipinski definition) is 1. The number of nitrogens with zero attached hydrogens (tertiary/aromatic N) is 1. The minimum atomic E-state index is -0.961. The van der Waals surface area contributed by atoms with Crippen molar-refractivity contribution in [2.45, 2.75) is 32.1 Å². The first-order chi connectivity index (χ1) is 9.04. The molecule has 0 fully saturated rings. The Kier molecular flexibility index (Phi) is 6.94. The Labute approximate surface area is 121 Å². The number of carbonyl (C=O) groups excluding carboxylic acids is 1. The summed E-state index contributed by atoms with van der Waals surface area (Å²) in [6, 6.07) is 3.98. The zero-order valence-electron chi connectivity index (χ0n) is 11.2. The zero-order valence-corrected chi connectivity index (χ0v) is 12.8. The second-order valence-corrected chi connectivity index (χ2v) is 6.26. The molecule has 1 aromatic heterocycles. The minimum absolute atomic E-state index is 0.0362. The van der Waals surface area contributed by atoms with Gasteiger partial charge in [-0.3, -0.25) is 9.59 Å². The van der Waals surface area contributed by atoms with E-state index in [0.29, 0.717) is 5.75 Å². The molecule has 19 heavy (non-hydrogen) atoms. The fourth-order valence-corrected chi connectivity index (χ4v) is 3.32. The Morgan fingerprint density at radius 2 is 2.26 bits per heavy atom. The SMILES string of the molecule is CCC(C)N(CC(=O)O)C(=O)CSCc1cccs1. The molecular formula is C13H19NO3S2. The molecule has 0 aliphatic carbocycles. The van der Waals surface area contributed by atoms with Crippen LogP contribution in [0, 0.1) is 0 Å². The van der Waals surface area contributed by atoms with E-state index in [1.807, 2.05) is 31.4 Å². The normalized spacial score (nSPS) is 12.1. The Bertz CT molecular complexity index is 406. The molecule has 1 atom stereocenters. The lowest BCUT2D eigenvalue weighted by atomic mass is 10.2. The highest BCUT2D eigenvalue weighted by Crippen LogP contribution is 2.18. The number of amides is 1. The lowest BCUT2D eigenvalue weighted by Crippen LogP contribution is -2.42. The number of carbonyl (C=O) groups is 2. The van der Waals surface area contributed by atoms with Crippen LogP contribution in [0.1, 0.15) is 25.1 Å². The van der Waals surface area contributed by atoms with Crippen LogP contribution in [-0.4, -0.2) is 40.2 Å². The standard InChI is InChI=1S/C13H19NO3S2/c1-3-10(2)14(7-13(16)17)12(15)9-18-8-11-5-4-6-19-11/h4-6,10H,3,7-9H2,1-2H3,(H,16,17). The summed E-state index contributed by atoms with van der Waals surface area (Å²) < 4.78 is 0. The molecule has 0 bridgehead atoms. The smallest absolute Gasteiger partial charge is 0.323 e. The second-order valence-electron chi connectivity index (χ2n) is 4.24. The van der Waals surface area contributed by atoms with Gasteiger partial charge in [-0.2, -0.15) is 0 Å². The third kappa shape index (κ3) is 5.65. The number of hydrogen-bond acceptors (Lipinski definition) is 4. The summed E-state index contributed by atoms with van der Waals surface area (Å²) in [5.74, 6) is 0.0654. The van der Waals surface area contributed by atoms with Gasteiger partial charge in [-0.05, 0) is 24.8 Å². The van der Waals surface area contributed by atoms with Crippen molar-refractivity contribution < 1.29 is 14.7 Å². The molecule has 0 aliphatic heterocycles. The molecule has 4 nitrogen and oxygen atoms in total. The minimum Gasteiger partial charge on any atom is -0.480 e. The van der Waals surface area contributed by atoms with E-state index in [4.69, 9.17) is 5.11 Å². The molecule has 1 aromatic rings. The molecule has 0 spiro atoms. The maximum atomic E-state index is 12.1. The summed E-state index contributed by atoms with van der Waals surface area (Å²) in [4.78, 5) is 25.5. The van der Waals surface area contributed by atoms with Crippen molar-refractivity contribution in [2.24, 2.45) is 0 Å². The molecule has 1 amide bonds. The van der Waals surface area contributed by atoms with E-state index in [-0.39, 0.29) is 18.5 Å². The van der Waals surface area contributed by atoms with Gasteiger partial charge in [-0.1, -0.05) is 13.0 Å². The molecule has 0 saturated heterocycles. The lowest BCUT2D eigenvalue weighted by molar-refractivity contribution is -0.144. The van der Waals surface area contributed by atoms with Crippen LogP contribution >= 0.6 is 23.1 Å². The molecule has 0 aliphatic rings. The van der Waals surface area contributed by atoms with E-state index in [0.717, 1.165) is 12.2 Å². The summed E-state index contributed by atoms with van der Waals surface area (Å²) in [7, 11) is 0. The van der Waals surface area contributed by atoms with Gasteiger partial charge in [0.05, 0.1) is 5.75 Å². The van der Waals surface area contributed by atoms with Gasteiger partial charge < -0.3 is 10.0 Å². The number of thioether (sulfide) groups is 1. The summed E-state index contributed by atoms with van der Waals surface area (Å²) in [5, 5.41) is 10.9. The van der Waals surface area contributed by atoms with Gasteiger partial charge in [0.2, 0.25) is 5.91 Å². The largest absolute Gasteiger partial charge is 0.480 e.